The topological polar surface area (TPSA) is 226 Å². The van der Waals surface area contributed by atoms with Gasteiger partial charge in [-0.3, -0.25) is 4.52 Å². The summed E-state index contributed by atoms with van der Waals surface area (Å²) in [6.07, 6.45) is 1.42. The fourth-order valence-electron chi connectivity index (χ4n) is 2.64. The predicted molar refractivity (Wildman–Crippen MR) is 109 cm³/mol. The van der Waals surface area contributed by atoms with Crippen LogP contribution in [0.4, 0.5) is 5.82 Å². The number of aryl methyl sites for hydroxylation is 1. The molecule has 0 saturated heterocycles. The van der Waals surface area contributed by atoms with Gasteiger partial charge >= 0.3 is 21.6 Å². The fourth-order valence-corrected chi connectivity index (χ4v) is 5.50. The minimum atomic E-state index is -5.25. The summed E-state index contributed by atoms with van der Waals surface area (Å²) in [7, 11) is -10.3. The van der Waals surface area contributed by atoms with E-state index in [9.17, 15) is 29.0 Å². The molecule has 0 saturated carbocycles. The highest BCUT2D eigenvalue weighted by Crippen LogP contribution is 2.57. The highest BCUT2D eigenvalue weighted by Gasteiger charge is 2.45. The Morgan fingerprint density at radius 3 is 2.47 bits per heavy atom. The molecule has 17 heteroatoms. The van der Waals surface area contributed by atoms with E-state index in [0.717, 1.165) is 18.3 Å². The molecule has 2 rings (SSSR count). The summed E-state index contributed by atoms with van der Waals surface area (Å²) in [4.78, 5) is 46.9. The second-order valence-corrected chi connectivity index (χ2v) is 10.7. The number of carboxylic acid groups (broad SMARTS) is 1. The van der Waals surface area contributed by atoms with Crippen LogP contribution in [-0.4, -0.2) is 47.4 Å². The van der Waals surface area contributed by atoms with Gasteiger partial charge in [-0.2, -0.15) is 8.88 Å². The molecular weight excluding hydrogens is 490 g/mol. The van der Waals surface area contributed by atoms with Crippen LogP contribution in [0.25, 0.3) is 0 Å². The van der Waals surface area contributed by atoms with Gasteiger partial charge in [0.2, 0.25) is 0 Å². The van der Waals surface area contributed by atoms with E-state index in [1.807, 2.05) is 0 Å². The van der Waals surface area contributed by atoms with Crippen LogP contribution in [0.3, 0.4) is 0 Å². The van der Waals surface area contributed by atoms with Gasteiger partial charge in [-0.1, -0.05) is 11.3 Å². The number of phosphoric ester groups is 1. The largest absolute Gasteiger partial charge is 0.481 e. The summed E-state index contributed by atoms with van der Waals surface area (Å²) in [5, 5.41) is 20.1. The fraction of sp³-hybridized carbons (Fsp3) is 0.467. The summed E-state index contributed by atoms with van der Waals surface area (Å²) >= 11 is 0.918. The molecule has 2 aromatic rings. The molecular formula is C15H23N4O10P2S+. The van der Waals surface area contributed by atoms with Crippen LogP contribution in [0.2, 0.25) is 0 Å². The Balaban J connectivity index is 2.36. The van der Waals surface area contributed by atoms with Gasteiger partial charge in [0.1, 0.15) is 11.6 Å². The molecule has 2 atom stereocenters. The van der Waals surface area contributed by atoms with Crippen molar-refractivity contribution in [3.63, 3.8) is 0 Å². The Labute approximate surface area is 186 Å². The van der Waals surface area contributed by atoms with Crippen molar-refractivity contribution < 1.29 is 52.2 Å². The second-order valence-electron chi connectivity index (χ2n) is 6.83. The number of thiazole rings is 1. The first-order chi connectivity index (χ1) is 14.5. The smallest absolute Gasteiger partial charge is 0.479 e. The van der Waals surface area contributed by atoms with Gasteiger partial charge in [0.05, 0.1) is 17.0 Å². The molecule has 0 aliphatic rings. The number of rotatable bonds is 10. The third-order valence-corrected chi connectivity index (χ3v) is 7.99. The second kappa shape index (κ2) is 9.59. The molecule has 0 aromatic carbocycles. The van der Waals surface area contributed by atoms with Crippen LogP contribution in [0.15, 0.2) is 6.20 Å². The summed E-state index contributed by atoms with van der Waals surface area (Å²) < 4.78 is 32.1. The van der Waals surface area contributed by atoms with E-state index in [2.05, 4.69) is 18.8 Å². The third-order valence-electron chi connectivity index (χ3n) is 4.25. The number of nitrogens with zero attached hydrogens (tertiary/aromatic N) is 3. The molecule has 7 N–H and O–H groups in total. The quantitative estimate of drug-likeness (QED) is 0.184. The third kappa shape index (κ3) is 6.61. The van der Waals surface area contributed by atoms with Crippen molar-refractivity contribution in [2.24, 2.45) is 0 Å². The van der Waals surface area contributed by atoms with Gasteiger partial charge in [0, 0.05) is 19.5 Å². The lowest BCUT2D eigenvalue weighted by Gasteiger charge is -2.13. The number of aliphatic hydroxyl groups is 1. The molecule has 0 radical (unpaired) electrons. The number of carbonyl (C=O) groups is 1. The van der Waals surface area contributed by atoms with Gasteiger partial charge in [-0.05, 0) is 13.8 Å². The van der Waals surface area contributed by atoms with Crippen LogP contribution in [-0.2, 0) is 41.3 Å². The average Bonchev–Trinajstić information content (AvgIpc) is 2.92. The van der Waals surface area contributed by atoms with Crippen molar-refractivity contribution in [2.75, 3.05) is 12.3 Å². The van der Waals surface area contributed by atoms with Crippen molar-refractivity contribution in [3.8, 4) is 0 Å². The molecule has 14 nitrogen and oxygen atoms in total. The Bertz CT molecular complexity index is 1120. The molecule has 0 amide bonds. The highest BCUT2D eigenvalue weighted by atomic mass is 32.1. The molecule has 0 bridgehead atoms. The molecule has 2 heterocycles. The first kappa shape index (κ1) is 26.5. The lowest BCUT2D eigenvalue weighted by molar-refractivity contribution is -0.701. The van der Waals surface area contributed by atoms with Gasteiger partial charge in [0.25, 0.3) is 10.6 Å². The monoisotopic (exact) mass is 513 g/mol. The maximum atomic E-state index is 11.6. The van der Waals surface area contributed by atoms with Crippen LogP contribution >= 0.6 is 27.0 Å². The van der Waals surface area contributed by atoms with Crippen molar-refractivity contribution in [1.29, 1.82) is 0 Å². The Hall–Kier alpha value is -1.80. The van der Waals surface area contributed by atoms with Crippen molar-refractivity contribution in [2.45, 2.75) is 39.3 Å². The highest BCUT2D eigenvalue weighted by molar-refractivity contribution is 7.60. The number of aromatic nitrogens is 3. The van der Waals surface area contributed by atoms with Crippen molar-refractivity contribution >= 4 is 38.8 Å². The van der Waals surface area contributed by atoms with E-state index >= 15 is 0 Å². The Morgan fingerprint density at radius 1 is 1.31 bits per heavy atom. The molecule has 178 valence electrons. The van der Waals surface area contributed by atoms with E-state index in [-0.39, 0.29) is 23.8 Å². The molecule has 0 aliphatic heterocycles. The zero-order valence-electron chi connectivity index (χ0n) is 17.2. The predicted octanol–water partition coefficient (Wildman–Crippen LogP) is 0.134. The van der Waals surface area contributed by atoms with Crippen LogP contribution in [0.5, 0.6) is 0 Å². The number of aliphatic carboxylic acids is 1. The minimum absolute atomic E-state index is 0.0356. The summed E-state index contributed by atoms with van der Waals surface area (Å²) in [5.74, 6) is -0.879. The Morgan fingerprint density at radius 2 is 1.94 bits per heavy atom. The van der Waals surface area contributed by atoms with E-state index in [0.29, 0.717) is 22.0 Å². The number of anilines is 1. The van der Waals surface area contributed by atoms with E-state index in [1.165, 1.54) is 10.8 Å². The number of hydrogen-bond donors (Lipinski definition) is 6. The number of phosphoric acid groups is 2. The summed E-state index contributed by atoms with van der Waals surface area (Å²) in [6.45, 7) is 3.93. The standard InChI is InChI=1S/C15H22N4O10P2S/c1-8-11(4-5-28-31(26,27)29-30(23,24)25)32-13(15(3,22)14(20)21)19(8)7-10-6-17-9(2)18-12(10)16/h6,22H,4-5,7H2,1-3H3,(H5-,16,17,18,20,21,23,24,25,26,27)/p+1/t15-/m0/s1. The van der Waals surface area contributed by atoms with Crippen LogP contribution in [0, 0.1) is 13.8 Å². The first-order valence-corrected chi connectivity index (χ1v) is 12.7. The Kier molecular flexibility index (Phi) is 7.93. The zero-order valence-corrected chi connectivity index (χ0v) is 19.8. The number of nitrogen functional groups attached to an aromatic ring is 1. The maximum absolute atomic E-state index is 11.6. The normalized spacial score (nSPS) is 15.8. The molecule has 2 aromatic heterocycles. The van der Waals surface area contributed by atoms with Crippen molar-refractivity contribution in [3.05, 3.63) is 33.2 Å². The lowest BCUT2D eigenvalue weighted by atomic mass is 10.1. The molecule has 0 fully saturated rings. The van der Waals surface area contributed by atoms with Gasteiger partial charge in [-0.15, -0.1) is 0 Å². The SMILES string of the molecule is Cc1ncc(C[n+]2c([C@](C)(O)C(=O)O)sc(CCOP(=O)(O)OP(=O)(O)O)c2C)c(N)n1. The van der Waals surface area contributed by atoms with E-state index in [1.54, 1.807) is 13.8 Å². The van der Waals surface area contributed by atoms with Crippen LogP contribution in [0.1, 0.15) is 33.9 Å². The zero-order chi connectivity index (χ0) is 24.5. The van der Waals surface area contributed by atoms with Gasteiger partial charge in [0.15, 0.2) is 12.2 Å². The molecule has 0 spiro atoms. The van der Waals surface area contributed by atoms with E-state index < -0.39 is 33.8 Å². The van der Waals surface area contributed by atoms with E-state index in [4.69, 9.17) is 15.5 Å². The average molecular weight is 513 g/mol. The lowest BCUT2D eigenvalue weighted by Crippen LogP contribution is -2.48. The minimum Gasteiger partial charge on any atom is -0.479 e. The van der Waals surface area contributed by atoms with Crippen molar-refractivity contribution in [1.82, 2.24) is 9.97 Å². The number of carboxylic acids is 1. The maximum Gasteiger partial charge on any atom is 0.481 e. The van der Waals surface area contributed by atoms with Crippen LogP contribution < -0.4 is 10.3 Å². The molecule has 1 unspecified atom stereocenters. The molecule has 0 aliphatic carbocycles. The number of nitrogens with two attached hydrogens (primary N) is 1. The van der Waals surface area contributed by atoms with Gasteiger partial charge in [-0.25, -0.2) is 23.9 Å². The summed E-state index contributed by atoms with van der Waals surface area (Å²) in [5.41, 5.74) is 4.63. The van der Waals surface area contributed by atoms with Gasteiger partial charge < -0.3 is 30.6 Å². The first-order valence-electron chi connectivity index (χ1n) is 8.84. The molecule has 32 heavy (non-hydrogen) atoms. The summed E-state index contributed by atoms with van der Waals surface area (Å²) in [6, 6.07) is 0. The number of hydrogen-bond acceptors (Lipinski definition) is 10.